The Kier molecular flexibility index (Phi) is 10.2. The van der Waals surface area contributed by atoms with E-state index in [9.17, 15) is 0 Å². The summed E-state index contributed by atoms with van der Waals surface area (Å²) in [7, 11) is 0. The summed E-state index contributed by atoms with van der Waals surface area (Å²) in [6.07, 6.45) is 23.0. The van der Waals surface area contributed by atoms with Crippen LogP contribution in [0.25, 0.3) is 0 Å². The maximum atomic E-state index is 5.77. The Morgan fingerprint density at radius 2 is 1.57 bits per heavy atom. The Hall–Kier alpha value is -1.34. The van der Waals surface area contributed by atoms with Gasteiger partial charge in [0.15, 0.2) is 0 Å². The molecule has 0 saturated heterocycles. The van der Waals surface area contributed by atoms with Crippen molar-refractivity contribution >= 4 is 0 Å². The molecule has 1 aromatic carbocycles. The minimum absolute atomic E-state index is 0.737. The smallest absolute Gasteiger partial charge is 0.0717 e. The lowest BCUT2D eigenvalue weighted by Gasteiger charge is -2.38. The van der Waals surface area contributed by atoms with Crippen LogP contribution in [0.1, 0.15) is 101 Å². The molecule has 1 heteroatoms. The van der Waals surface area contributed by atoms with Gasteiger partial charge in [0.05, 0.1) is 13.2 Å². The van der Waals surface area contributed by atoms with Crippen molar-refractivity contribution in [2.45, 2.75) is 96.5 Å². The maximum absolute atomic E-state index is 5.77. The molecule has 1 aromatic rings. The van der Waals surface area contributed by atoms with Crippen LogP contribution in [0, 0.1) is 17.8 Å². The molecule has 166 valence electrons. The van der Waals surface area contributed by atoms with Crippen LogP contribution in [-0.2, 0) is 11.3 Å². The molecule has 0 atom stereocenters. The monoisotopic (exact) mass is 408 g/mol. The van der Waals surface area contributed by atoms with Crippen molar-refractivity contribution in [1.82, 2.24) is 0 Å². The fraction of sp³-hybridized carbons (Fsp3) is 0.655. The molecule has 0 heterocycles. The third kappa shape index (κ3) is 7.41. The molecule has 2 aliphatic carbocycles. The molecule has 0 bridgehead atoms. The topological polar surface area (TPSA) is 9.23 Å². The van der Waals surface area contributed by atoms with Crippen molar-refractivity contribution in [2.24, 2.45) is 17.8 Å². The van der Waals surface area contributed by atoms with Gasteiger partial charge in [0.2, 0.25) is 0 Å². The first-order valence-electron chi connectivity index (χ1n) is 12.7. The minimum atomic E-state index is 0.737. The Balaban J connectivity index is 1.36. The van der Waals surface area contributed by atoms with Crippen molar-refractivity contribution in [3.05, 3.63) is 60.2 Å². The number of benzene rings is 1. The van der Waals surface area contributed by atoms with Crippen LogP contribution in [0.2, 0.25) is 0 Å². The highest BCUT2D eigenvalue weighted by atomic mass is 16.5. The van der Waals surface area contributed by atoms with Gasteiger partial charge in [0, 0.05) is 0 Å². The molecule has 0 aromatic heterocycles. The van der Waals surface area contributed by atoms with Gasteiger partial charge in [-0.05, 0) is 99.5 Å². The van der Waals surface area contributed by atoms with Crippen LogP contribution >= 0.6 is 0 Å². The number of allylic oxidation sites excluding steroid dienone is 2. The summed E-state index contributed by atoms with van der Waals surface area (Å²) in [4.78, 5) is 0. The lowest BCUT2D eigenvalue weighted by Crippen LogP contribution is -2.25. The summed E-state index contributed by atoms with van der Waals surface area (Å²) in [6, 6.07) is 9.30. The fourth-order valence-electron chi connectivity index (χ4n) is 5.82. The number of rotatable bonds is 11. The predicted octanol–water partition coefficient (Wildman–Crippen LogP) is 8.61. The highest BCUT2D eigenvalue weighted by Crippen LogP contribution is 2.44. The van der Waals surface area contributed by atoms with Gasteiger partial charge in [-0.1, -0.05) is 61.8 Å². The molecule has 3 rings (SSSR count). The normalized spacial score (nSPS) is 27.4. The maximum Gasteiger partial charge on any atom is 0.0717 e. The van der Waals surface area contributed by atoms with E-state index in [2.05, 4.69) is 56.0 Å². The number of ether oxygens (including phenoxy) is 1. The first-order valence-corrected chi connectivity index (χ1v) is 12.7. The van der Waals surface area contributed by atoms with E-state index in [1.54, 1.807) is 5.56 Å². The van der Waals surface area contributed by atoms with E-state index < -0.39 is 0 Å². The van der Waals surface area contributed by atoms with Crippen molar-refractivity contribution in [3.63, 3.8) is 0 Å². The van der Waals surface area contributed by atoms with Gasteiger partial charge in [-0.3, -0.25) is 0 Å². The van der Waals surface area contributed by atoms with E-state index in [1.165, 1.54) is 76.2 Å². The second-order valence-corrected chi connectivity index (χ2v) is 9.76. The van der Waals surface area contributed by atoms with Crippen LogP contribution in [0.4, 0.5) is 0 Å². The highest BCUT2D eigenvalue weighted by Gasteiger charge is 2.31. The molecule has 0 radical (unpaired) electrons. The van der Waals surface area contributed by atoms with Gasteiger partial charge in [-0.2, -0.15) is 0 Å². The SMILES string of the molecule is C=CCCC[C@H]1CC[C@H](C2CCC(c3ccc(COCC/C=C/C)cc3)CC2)CC1. The Bertz CT molecular complexity index is 612. The average Bonchev–Trinajstić information content (AvgIpc) is 2.80. The molecule has 0 spiro atoms. The largest absolute Gasteiger partial charge is 0.376 e. The summed E-state index contributed by atoms with van der Waals surface area (Å²) in [5, 5.41) is 0. The second-order valence-electron chi connectivity index (χ2n) is 9.76. The predicted molar refractivity (Wildman–Crippen MR) is 130 cm³/mol. The van der Waals surface area contributed by atoms with Gasteiger partial charge >= 0.3 is 0 Å². The summed E-state index contributed by atoms with van der Waals surface area (Å²) in [6.45, 7) is 7.47. The third-order valence-corrected chi connectivity index (χ3v) is 7.73. The average molecular weight is 409 g/mol. The van der Waals surface area contributed by atoms with E-state index in [-0.39, 0.29) is 0 Å². The van der Waals surface area contributed by atoms with Gasteiger partial charge in [-0.15, -0.1) is 6.58 Å². The zero-order valence-electron chi connectivity index (χ0n) is 19.4. The number of unbranched alkanes of at least 4 members (excludes halogenated alkanes) is 1. The molecule has 2 fully saturated rings. The van der Waals surface area contributed by atoms with Crippen LogP contribution in [0.3, 0.4) is 0 Å². The molecule has 0 unspecified atom stereocenters. The van der Waals surface area contributed by atoms with E-state index in [0.717, 1.165) is 43.3 Å². The van der Waals surface area contributed by atoms with Crippen molar-refractivity contribution < 1.29 is 4.74 Å². The van der Waals surface area contributed by atoms with Gasteiger partial charge < -0.3 is 4.74 Å². The molecule has 0 amide bonds. The Morgan fingerprint density at radius 3 is 2.20 bits per heavy atom. The van der Waals surface area contributed by atoms with Crippen LogP contribution in [0.5, 0.6) is 0 Å². The minimum Gasteiger partial charge on any atom is -0.376 e. The van der Waals surface area contributed by atoms with E-state index in [1.807, 2.05) is 0 Å². The molecule has 0 N–H and O–H groups in total. The van der Waals surface area contributed by atoms with E-state index >= 15 is 0 Å². The van der Waals surface area contributed by atoms with Crippen molar-refractivity contribution in [3.8, 4) is 0 Å². The van der Waals surface area contributed by atoms with Gasteiger partial charge in [-0.25, -0.2) is 0 Å². The first kappa shape index (κ1) is 23.3. The molecular weight excluding hydrogens is 364 g/mol. The van der Waals surface area contributed by atoms with Crippen molar-refractivity contribution in [2.75, 3.05) is 6.61 Å². The van der Waals surface area contributed by atoms with Crippen LogP contribution < -0.4 is 0 Å². The van der Waals surface area contributed by atoms with E-state index in [0.29, 0.717) is 0 Å². The molecule has 2 saturated carbocycles. The number of hydrogen-bond acceptors (Lipinski definition) is 1. The molecule has 1 nitrogen and oxygen atoms in total. The quantitative estimate of drug-likeness (QED) is 0.263. The Labute approximate surface area is 186 Å². The lowest BCUT2D eigenvalue weighted by molar-refractivity contribution is 0.125. The molecular formula is C29H44O. The second kappa shape index (κ2) is 13.2. The number of hydrogen-bond donors (Lipinski definition) is 0. The molecule has 0 aliphatic heterocycles. The summed E-state index contributed by atoms with van der Waals surface area (Å²) in [5.41, 5.74) is 2.86. The fourth-order valence-corrected chi connectivity index (χ4v) is 5.82. The van der Waals surface area contributed by atoms with Crippen LogP contribution in [0.15, 0.2) is 49.1 Å². The molecule has 30 heavy (non-hydrogen) atoms. The van der Waals surface area contributed by atoms with E-state index in [4.69, 9.17) is 4.74 Å². The van der Waals surface area contributed by atoms with Gasteiger partial charge in [0.25, 0.3) is 0 Å². The zero-order chi connectivity index (χ0) is 21.0. The van der Waals surface area contributed by atoms with Gasteiger partial charge in [0.1, 0.15) is 0 Å². The summed E-state index contributed by atoms with van der Waals surface area (Å²) in [5.74, 6) is 3.80. The van der Waals surface area contributed by atoms with Crippen LogP contribution in [-0.4, -0.2) is 6.61 Å². The lowest BCUT2D eigenvalue weighted by atomic mass is 9.68. The third-order valence-electron chi connectivity index (χ3n) is 7.73. The standard InChI is InChI=1S/C29H44O/c1-3-5-7-9-24-10-14-26(15-11-24)28-18-20-29(21-19-28)27-16-12-25(13-17-27)23-30-22-8-6-4-2/h3-4,6,12-13,16-17,24,26,28-29H,1,5,7-11,14-15,18-23H2,2H3/b6-4+/t24-,26-,28?,29?. The van der Waals surface area contributed by atoms with Crippen molar-refractivity contribution in [1.29, 1.82) is 0 Å². The molecule has 2 aliphatic rings. The highest BCUT2D eigenvalue weighted by molar-refractivity contribution is 5.25. The Morgan fingerprint density at radius 1 is 0.900 bits per heavy atom. The first-order chi connectivity index (χ1) is 14.8. The zero-order valence-corrected chi connectivity index (χ0v) is 19.4. The summed E-state index contributed by atoms with van der Waals surface area (Å²) >= 11 is 0. The summed E-state index contributed by atoms with van der Waals surface area (Å²) < 4.78 is 5.77.